The van der Waals surface area contributed by atoms with Gasteiger partial charge >= 0.3 is 0 Å². The van der Waals surface area contributed by atoms with Crippen molar-refractivity contribution in [1.29, 1.82) is 0 Å². The Bertz CT molecular complexity index is 802. The first-order valence-electron chi connectivity index (χ1n) is 7.23. The molecule has 0 fully saturated rings. The van der Waals surface area contributed by atoms with Gasteiger partial charge in [0.15, 0.2) is 0 Å². The Morgan fingerprint density at radius 1 is 1.22 bits per heavy atom. The van der Waals surface area contributed by atoms with Gasteiger partial charge in [-0.2, -0.15) is 0 Å². The second-order valence-corrected chi connectivity index (χ2v) is 5.10. The van der Waals surface area contributed by atoms with Gasteiger partial charge in [-0.25, -0.2) is 9.37 Å². The van der Waals surface area contributed by atoms with Crippen molar-refractivity contribution in [1.82, 2.24) is 15.3 Å². The van der Waals surface area contributed by atoms with Gasteiger partial charge in [0.1, 0.15) is 18.2 Å². The van der Waals surface area contributed by atoms with Crippen LogP contribution in [0.2, 0.25) is 0 Å². The minimum absolute atomic E-state index is 0.0241. The lowest BCUT2D eigenvalue weighted by Gasteiger charge is -2.05. The molecule has 0 atom stereocenters. The minimum atomic E-state index is -0.328. The molecule has 0 aliphatic heterocycles. The molecule has 0 spiro atoms. The molecule has 1 heterocycles. The number of ether oxygens (including phenoxy) is 1. The van der Waals surface area contributed by atoms with Crippen LogP contribution in [-0.4, -0.2) is 22.5 Å². The van der Waals surface area contributed by atoms with E-state index in [0.29, 0.717) is 23.5 Å². The number of amides is 1. The third-order valence-corrected chi connectivity index (χ3v) is 3.29. The molecule has 0 aliphatic rings. The molecule has 2 N–H and O–H groups in total. The molecule has 0 bridgehead atoms. The highest BCUT2D eigenvalue weighted by molar-refractivity contribution is 5.77. The van der Waals surface area contributed by atoms with Gasteiger partial charge in [0.25, 0.3) is 0 Å². The Labute approximate surface area is 132 Å². The summed E-state index contributed by atoms with van der Waals surface area (Å²) >= 11 is 0. The van der Waals surface area contributed by atoms with Gasteiger partial charge in [-0.15, -0.1) is 0 Å². The zero-order chi connectivity index (χ0) is 16.1. The van der Waals surface area contributed by atoms with E-state index in [1.807, 2.05) is 30.3 Å². The number of aromatic nitrogens is 2. The third kappa shape index (κ3) is 4.14. The van der Waals surface area contributed by atoms with Crippen molar-refractivity contribution in [3.8, 4) is 0 Å². The molecule has 5 nitrogen and oxygen atoms in total. The first-order chi connectivity index (χ1) is 11.2. The average molecular weight is 313 g/mol. The first-order valence-corrected chi connectivity index (χ1v) is 7.23. The Hall–Kier alpha value is -2.73. The lowest BCUT2D eigenvalue weighted by atomic mass is 10.2. The smallest absolute Gasteiger partial charge is 0.246 e. The number of hydrogen-bond donors (Lipinski definition) is 2. The van der Waals surface area contributed by atoms with Gasteiger partial charge in [-0.05, 0) is 23.8 Å². The molecule has 0 aliphatic carbocycles. The molecule has 23 heavy (non-hydrogen) atoms. The summed E-state index contributed by atoms with van der Waals surface area (Å²) in [4.78, 5) is 19.0. The average Bonchev–Trinajstić information content (AvgIpc) is 2.96. The maximum Gasteiger partial charge on any atom is 0.246 e. The van der Waals surface area contributed by atoms with Crippen LogP contribution in [0.1, 0.15) is 11.4 Å². The number of H-pyrrole nitrogens is 1. The maximum atomic E-state index is 13.1. The lowest BCUT2D eigenvalue weighted by molar-refractivity contribution is -0.126. The van der Waals surface area contributed by atoms with E-state index >= 15 is 0 Å². The summed E-state index contributed by atoms with van der Waals surface area (Å²) in [7, 11) is 0. The number of imidazole rings is 1. The topological polar surface area (TPSA) is 67.0 Å². The van der Waals surface area contributed by atoms with Crippen LogP contribution in [0, 0.1) is 5.82 Å². The van der Waals surface area contributed by atoms with Crippen LogP contribution in [0.15, 0.2) is 48.5 Å². The largest absolute Gasteiger partial charge is 0.367 e. The Balaban J connectivity index is 1.46. The van der Waals surface area contributed by atoms with E-state index in [1.165, 1.54) is 12.1 Å². The maximum absolute atomic E-state index is 13.1. The van der Waals surface area contributed by atoms with E-state index in [0.717, 1.165) is 5.56 Å². The van der Waals surface area contributed by atoms with Crippen LogP contribution in [-0.2, 0) is 22.7 Å². The highest BCUT2D eigenvalue weighted by Crippen LogP contribution is 2.12. The summed E-state index contributed by atoms with van der Waals surface area (Å²) in [6, 6.07) is 14.0. The molecule has 1 aromatic heterocycles. The van der Waals surface area contributed by atoms with E-state index in [1.54, 1.807) is 6.07 Å². The molecule has 1 amide bonds. The van der Waals surface area contributed by atoms with Crippen LogP contribution in [0.3, 0.4) is 0 Å². The van der Waals surface area contributed by atoms with Crippen molar-refractivity contribution in [2.75, 3.05) is 6.61 Å². The number of rotatable bonds is 6. The molecule has 3 aromatic rings. The predicted octanol–water partition coefficient (Wildman–Crippen LogP) is 2.54. The lowest BCUT2D eigenvalue weighted by Crippen LogP contribution is -2.27. The summed E-state index contributed by atoms with van der Waals surface area (Å²) in [6.45, 7) is 0.603. The van der Waals surface area contributed by atoms with E-state index in [-0.39, 0.29) is 24.9 Å². The predicted molar refractivity (Wildman–Crippen MR) is 84.0 cm³/mol. The van der Waals surface area contributed by atoms with Gasteiger partial charge in [-0.1, -0.05) is 30.3 Å². The number of aromatic amines is 1. The zero-order valence-electron chi connectivity index (χ0n) is 12.4. The number of hydrogen-bond acceptors (Lipinski definition) is 3. The van der Waals surface area contributed by atoms with Gasteiger partial charge in [-0.3, -0.25) is 4.79 Å². The van der Waals surface area contributed by atoms with Crippen LogP contribution < -0.4 is 5.32 Å². The Morgan fingerprint density at radius 2 is 2.04 bits per heavy atom. The fourth-order valence-corrected chi connectivity index (χ4v) is 2.19. The normalized spacial score (nSPS) is 10.8. The fraction of sp³-hybridized carbons (Fsp3) is 0.176. The van der Waals surface area contributed by atoms with Crippen molar-refractivity contribution in [2.45, 2.75) is 13.2 Å². The third-order valence-electron chi connectivity index (χ3n) is 3.29. The van der Waals surface area contributed by atoms with E-state index in [2.05, 4.69) is 15.3 Å². The fourth-order valence-electron chi connectivity index (χ4n) is 2.19. The van der Waals surface area contributed by atoms with Crippen LogP contribution in [0.4, 0.5) is 4.39 Å². The number of nitrogens with zero attached hydrogens (tertiary/aromatic N) is 1. The van der Waals surface area contributed by atoms with Crippen LogP contribution in [0.5, 0.6) is 0 Å². The summed E-state index contributed by atoms with van der Waals surface area (Å²) < 4.78 is 18.5. The number of benzene rings is 2. The summed E-state index contributed by atoms with van der Waals surface area (Å²) in [5.74, 6) is 0.0145. The zero-order valence-corrected chi connectivity index (χ0v) is 12.4. The molecule has 0 unspecified atom stereocenters. The Morgan fingerprint density at radius 3 is 2.87 bits per heavy atom. The van der Waals surface area contributed by atoms with Crippen molar-refractivity contribution in [3.05, 3.63) is 65.7 Å². The van der Waals surface area contributed by atoms with Gasteiger partial charge in [0.05, 0.1) is 24.2 Å². The van der Waals surface area contributed by atoms with Crippen molar-refractivity contribution in [2.24, 2.45) is 0 Å². The van der Waals surface area contributed by atoms with Crippen molar-refractivity contribution < 1.29 is 13.9 Å². The molecule has 6 heteroatoms. The molecular formula is C17H16FN3O2. The molecular weight excluding hydrogens is 297 g/mol. The van der Waals surface area contributed by atoms with Crippen molar-refractivity contribution >= 4 is 16.9 Å². The van der Waals surface area contributed by atoms with Gasteiger partial charge < -0.3 is 15.0 Å². The van der Waals surface area contributed by atoms with E-state index in [4.69, 9.17) is 4.74 Å². The minimum Gasteiger partial charge on any atom is -0.367 e. The van der Waals surface area contributed by atoms with Crippen LogP contribution >= 0.6 is 0 Å². The molecule has 3 rings (SSSR count). The SMILES string of the molecule is O=C(COCc1ccccc1)NCc1nc2ccc(F)cc2[nH]1. The second-order valence-electron chi connectivity index (χ2n) is 5.10. The number of fused-ring (bicyclic) bond motifs is 1. The van der Waals surface area contributed by atoms with Crippen molar-refractivity contribution in [3.63, 3.8) is 0 Å². The highest BCUT2D eigenvalue weighted by Gasteiger charge is 2.06. The molecule has 0 radical (unpaired) electrons. The number of carbonyl (C=O) groups is 1. The summed E-state index contributed by atoms with van der Waals surface area (Å²) in [5.41, 5.74) is 2.28. The number of nitrogens with one attached hydrogen (secondary N) is 2. The molecule has 118 valence electrons. The second kappa shape index (κ2) is 7.02. The molecule has 2 aromatic carbocycles. The van der Waals surface area contributed by atoms with Gasteiger partial charge in [0.2, 0.25) is 5.91 Å². The number of halogens is 1. The standard InChI is InChI=1S/C17H16FN3O2/c18-13-6-7-14-15(8-13)21-16(20-14)9-19-17(22)11-23-10-12-4-2-1-3-5-12/h1-8H,9-11H2,(H,19,22)(H,20,21). The van der Waals surface area contributed by atoms with Gasteiger partial charge in [0, 0.05) is 0 Å². The molecule has 0 saturated heterocycles. The van der Waals surface area contributed by atoms with E-state index < -0.39 is 0 Å². The highest BCUT2D eigenvalue weighted by atomic mass is 19.1. The summed E-state index contributed by atoms with van der Waals surface area (Å²) in [6.07, 6.45) is 0. The van der Waals surface area contributed by atoms with E-state index in [9.17, 15) is 9.18 Å². The Kier molecular flexibility index (Phi) is 4.63. The summed E-state index contributed by atoms with van der Waals surface area (Å²) in [5, 5.41) is 2.71. The van der Waals surface area contributed by atoms with Crippen LogP contribution in [0.25, 0.3) is 11.0 Å². The quantitative estimate of drug-likeness (QED) is 0.735. The number of carbonyl (C=O) groups excluding carboxylic acids is 1. The first kappa shape index (κ1) is 15.2. The molecule has 0 saturated carbocycles. The monoisotopic (exact) mass is 313 g/mol.